The highest BCUT2D eigenvalue weighted by atomic mass is 14.6. The average Bonchev–Trinajstić information content (AvgIpc) is 3.07. The van der Waals surface area contributed by atoms with E-state index in [4.69, 9.17) is 0 Å². The Morgan fingerprint density at radius 1 is 0.372 bits per heavy atom. The highest BCUT2D eigenvalue weighted by Gasteiger charge is 2.19. The van der Waals surface area contributed by atoms with E-state index in [1.54, 1.807) is 0 Å². The summed E-state index contributed by atoms with van der Waals surface area (Å²) in [6.45, 7) is 2.13. The second-order valence-corrected chi connectivity index (χ2v) is 11.2. The minimum atomic E-state index is 1.18. The molecule has 8 aromatic rings. The number of aryl methyl sites for hydroxylation is 1. The Morgan fingerprint density at radius 2 is 0.884 bits per heavy atom. The molecular weight excluding hydrogens is 518 g/mol. The third-order valence-corrected chi connectivity index (χ3v) is 8.69. The number of nitrogens with zero attached hydrogens (tertiary/aromatic N) is 1. The Kier molecular flexibility index (Phi) is 6.09. The van der Waals surface area contributed by atoms with Crippen LogP contribution in [0.3, 0.4) is 0 Å². The van der Waals surface area contributed by atoms with Crippen LogP contribution in [0.5, 0.6) is 0 Å². The van der Waals surface area contributed by atoms with Crippen molar-refractivity contribution in [3.8, 4) is 44.5 Å². The van der Waals surface area contributed by atoms with Crippen LogP contribution < -0.4 is 0 Å². The first-order valence-electron chi connectivity index (χ1n) is 14.8. The van der Waals surface area contributed by atoms with Crippen LogP contribution in [0.25, 0.3) is 76.8 Å². The first-order valence-corrected chi connectivity index (χ1v) is 14.8. The molecule has 0 amide bonds. The van der Waals surface area contributed by atoms with Gasteiger partial charge < -0.3 is 0 Å². The van der Waals surface area contributed by atoms with Crippen LogP contribution in [0.2, 0.25) is 0 Å². The summed E-state index contributed by atoms with van der Waals surface area (Å²) in [5, 5.41) is 7.58. The number of fused-ring (bicyclic) bond motifs is 3. The van der Waals surface area contributed by atoms with Crippen LogP contribution in [-0.2, 0) is 0 Å². The molecule has 0 aliphatic heterocycles. The fourth-order valence-electron chi connectivity index (χ4n) is 6.77. The van der Waals surface area contributed by atoms with Crippen LogP contribution in [0, 0.1) is 6.92 Å². The van der Waals surface area contributed by atoms with E-state index in [1.807, 2.05) is 12.4 Å². The lowest BCUT2D eigenvalue weighted by Gasteiger charge is -2.19. The number of aromatic nitrogens is 1. The molecule has 7 aromatic carbocycles. The fourth-order valence-corrected chi connectivity index (χ4v) is 6.77. The lowest BCUT2D eigenvalue weighted by molar-refractivity contribution is 1.27. The Hall–Kier alpha value is -5.53. The predicted molar refractivity (Wildman–Crippen MR) is 183 cm³/mol. The monoisotopic (exact) mass is 547 g/mol. The summed E-state index contributed by atoms with van der Waals surface area (Å²) in [5.74, 6) is 0. The van der Waals surface area contributed by atoms with E-state index in [1.165, 1.54) is 82.4 Å². The molecule has 0 saturated heterocycles. The Labute approximate surface area is 251 Å². The minimum absolute atomic E-state index is 1.18. The molecule has 1 nitrogen and oxygen atoms in total. The molecule has 0 N–H and O–H groups in total. The molecule has 0 fully saturated rings. The van der Waals surface area contributed by atoms with Crippen molar-refractivity contribution < 1.29 is 0 Å². The smallest absolute Gasteiger partial charge is 0.0303 e. The Bertz CT molecular complexity index is 2240. The standard InChI is InChI=1S/C42H29N/c1-28-27-43-25-24-32(28)30-14-9-15-31(26-30)41-37-16-5-7-18-39(37)42(40-19-8-6-17-38(40)41)36-23-11-21-34-33(20-10-22-35(34)36)29-12-3-2-4-13-29/h2-27H,1H3. The lowest BCUT2D eigenvalue weighted by Crippen LogP contribution is -1.92. The number of pyridine rings is 1. The molecule has 0 unspecified atom stereocenters. The summed E-state index contributed by atoms with van der Waals surface area (Å²) in [6, 6.07) is 53.0. The molecule has 1 heteroatoms. The van der Waals surface area contributed by atoms with Gasteiger partial charge >= 0.3 is 0 Å². The lowest BCUT2D eigenvalue weighted by atomic mass is 9.83. The van der Waals surface area contributed by atoms with Crippen molar-refractivity contribution in [2.24, 2.45) is 0 Å². The second-order valence-electron chi connectivity index (χ2n) is 11.2. The molecule has 0 atom stereocenters. The van der Waals surface area contributed by atoms with Gasteiger partial charge in [0.2, 0.25) is 0 Å². The van der Waals surface area contributed by atoms with Gasteiger partial charge in [-0.1, -0.05) is 133 Å². The first kappa shape index (κ1) is 25.2. The van der Waals surface area contributed by atoms with Gasteiger partial charge in [0.15, 0.2) is 0 Å². The maximum absolute atomic E-state index is 4.32. The van der Waals surface area contributed by atoms with E-state index in [2.05, 4.69) is 158 Å². The maximum Gasteiger partial charge on any atom is 0.0303 e. The average molecular weight is 548 g/mol. The molecule has 1 aromatic heterocycles. The van der Waals surface area contributed by atoms with Gasteiger partial charge in [-0.15, -0.1) is 0 Å². The van der Waals surface area contributed by atoms with Crippen LogP contribution >= 0.6 is 0 Å². The molecule has 0 aliphatic carbocycles. The van der Waals surface area contributed by atoms with E-state index in [-0.39, 0.29) is 0 Å². The maximum atomic E-state index is 4.32. The third kappa shape index (κ3) is 4.21. The fraction of sp³-hybridized carbons (Fsp3) is 0.0238. The predicted octanol–water partition coefficient (Wildman–Crippen LogP) is 11.5. The minimum Gasteiger partial charge on any atom is -0.264 e. The topological polar surface area (TPSA) is 12.9 Å². The van der Waals surface area contributed by atoms with Gasteiger partial charge in [0.1, 0.15) is 0 Å². The van der Waals surface area contributed by atoms with Gasteiger partial charge in [-0.05, 0) is 101 Å². The number of rotatable bonds is 4. The normalized spacial score (nSPS) is 11.4. The number of benzene rings is 7. The van der Waals surface area contributed by atoms with Crippen molar-refractivity contribution in [2.75, 3.05) is 0 Å². The van der Waals surface area contributed by atoms with E-state index >= 15 is 0 Å². The van der Waals surface area contributed by atoms with Crippen LogP contribution in [0.15, 0.2) is 158 Å². The van der Waals surface area contributed by atoms with Gasteiger partial charge in [0, 0.05) is 12.4 Å². The van der Waals surface area contributed by atoms with Crippen LogP contribution in [0.4, 0.5) is 0 Å². The third-order valence-electron chi connectivity index (χ3n) is 8.69. The van der Waals surface area contributed by atoms with Crippen molar-refractivity contribution in [1.29, 1.82) is 0 Å². The van der Waals surface area contributed by atoms with Gasteiger partial charge in [-0.2, -0.15) is 0 Å². The first-order chi connectivity index (χ1) is 21.3. The molecule has 1 heterocycles. The van der Waals surface area contributed by atoms with Crippen LogP contribution in [-0.4, -0.2) is 4.98 Å². The van der Waals surface area contributed by atoms with Gasteiger partial charge in [0.05, 0.1) is 0 Å². The Balaban J connectivity index is 1.44. The summed E-state index contributed by atoms with van der Waals surface area (Å²) >= 11 is 0. The molecule has 0 radical (unpaired) electrons. The van der Waals surface area contributed by atoms with E-state index in [0.29, 0.717) is 0 Å². The summed E-state index contributed by atoms with van der Waals surface area (Å²) in [4.78, 5) is 4.32. The number of hydrogen-bond acceptors (Lipinski definition) is 1. The van der Waals surface area contributed by atoms with Gasteiger partial charge in [-0.3, -0.25) is 4.98 Å². The Morgan fingerprint density at radius 3 is 1.56 bits per heavy atom. The summed E-state index contributed by atoms with van der Waals surface area (Å²) < 4.78 is 0. The molecule has 0 saturated carbocycles. The van der Waals surface area contributed by atoms with Gasteiger partial charge in [-0.25, -0.2) is 0 Å². The van der Waals surface area contributed by atoms with E-state index in [0.717, 1.165) is 0 Å². The largest absolute Gasteiger partial charge is 0.264 e. The van der Waals surface area contributed by atoms with Crippen molar-refractivity contribution in [3.05, 3.63) is 164 Å². The summed E-state index contributed by atoms with van der Waals surface area (Å²) in [6.07, 6.45) is 3.82. The summed E-state index contributed by atoms with van der Waals surface area (Å²) in [7, 11) is 0. The molecule has 0 spiro atoms. The zero-order valence-corrected chi connectivity index (χ0v) is 24.0. The second kappa shape index (κ2) is 10.4. The van der Waals surface area contributed by atoms with Crippen molar-refractivity contribution in [2.45, 2.75) is 6.92 Å². The van der Waals surface area contributed by atoms with Gasteiger partial charge in [0.25, 0.3) is 0 Å². The summed E-state index contributed by atoms with van der Waals surface area (Å²) in [5.41, 5.74) is 11.1. The van der Waals surface area contributed by atoms with Crippen molar-refractivity contribution in [3.63, 3.8) is 0 Å². The molecule has 43 heavy (non-hydrogen) atoms. The zero-order valence-electron chi connectivity index (χ0n) is 24.0. The number of hydrogen-bond donors (Lipinski definition) is 0. The highest BCUT2D eigenvalue weighted by Crippen LogP contribution is 2.46. The molecular formula is C42H29N. The molecule has 202 valence electrons. The van der Waals surface area contributed by atoms with Crippen LogP contribution in [0.1, 0.15) is 5.56 Å². The van der Waals surface area contributed by atoms with E-state index < -0.39 is 0 Å². The molecule has 0 bridgehead atoms. The van der Waals surface area contributed by atoms with Crippen molar-refractivity contribution in [1.82, 2.24) is 4.98 Å². The molecule has 0 aliphatic rings. The van der Waals surface area contributed by atoms with Crippen molar-refractivity contribution >= 4 is 32.3 Å². The quantitative estimate of drug-likeness (QED) is 0.200. The molecule has 8 rings (SSSR count). The SMILES string of the molecule is Cc1cnccc1-c1cccc(-c2c3ccccc3c(-c3cccc4c(-c5ccccc5)cccc34)c3ccccc23)c1. The van der Waals surface area contributed by atoms with E-state index in [9.17, 15) is 0 Å². The highest BCUT2D eigenvalue weighted by molar-refractivity contribution is 6.24. The zero-order chi connectivity index (χ0) is 28.8.